The Morgan fingerprint density at radius 1 is 1.56 bits per heavy atom. The van der Waals surface area contributed by atoms with E-state index in [1.165, 1.54) is 6.42 Å². The molecule has 0 aromatic rings. The summed E-state index contributed by atoms with van der Waals surface area (Å²) in [5.41, 5.74) is 5.94. The van der Waals surface area contributed by atoms with Crippen molar-refractivity contribution in [3.05, 3.63) is 12.7 Å². The number of nitrogens with zero attached hydrogens (tertiary/aromatic N) is 1. The minimum absolute atomic E-state index is 0.157. The van der Waals surface area contributed by atoms with Crippen LogP contribution in [0.2, 0.25) is 0 Å². The SMILES string of the molecule is C=CCNC(N)=NCC1CCCOC1C(C)(C)C. The van der Waals surface area contributed by atoms with Gasteiger partial charge < -0.3 is 15.8 Å². The molecular formula is C14H27N3O. The van der Waals surface area contributed by atoms with Crippen molar-refractivity contribution in [1.29, 1.82) is 0 Å². The summed E-state index contributed by atoms with van der Waals surface area (Å²) in [4.78, 5) is 4.40. The lowest BCUT2D eigenvalue weighted by atomic mass is 9.78. The number of nitrogens with two attached hydrogens (primary N) is 1. The lowest BCUT2D eigenvalue weighted by Crippen LogP contribution is -2.42. The molecule has 0 aromatic heterocycles. The van der Waals surface area contributed by atoms with E-state index in [9.17, 15) is 0 Å². The fraction of sp³-hybridized carbons (Fsp3) is 0.786. The summed E-state index contributed by atoms with van der Waals surface area (Å²) in [6, 6.07) is 0. The molecule has 1 heterocycles. The number of ether oxygens (including phenoxy) is 1. The van der Waals surface area contributed by atoms with E-state index in [1.54, 1.807) is 6.08 Å². The molecule has 0 spiro atoms. The molecule has 0 radical (unpaired) electrons. The largest absolute Gasteiger partial charge is 0.377 e. The highest BCUT2D eigenvalue weighted by atomic mass is 16.5. The molecular weight excluding hydrogens is 226 g/mol. The molecule has 4 heteroatoms. The number of aliphatic imine (C=N–C) groups is 1. The monoisotopic (exact) mass is 253 g/mol. The third-order valence-corrected chi connectivity index (χ3v) is 3.22. The van der Waals surface area contributed by atoms with E-state index < -0.39 is 0 Å². The first-order chi connectivity index (χ1) is 8.45. The molecule has 2 unspecified atom stereocenters. The van der Waals surface area contributed by atoms with Crippen molar-refractivity contribution < 1.29 is 4.74 Å². The van der Waals surface area contributed by atoms with Gasteiger partial charge in [-0.1, -0.05) is 26.8 Å². The minimum Gasteiger partial charge on any atom is -0.377 e. The molecule has 18 heavy (non-hydrogen) atoms. The zero-order valence-corrected chi connectivity index (χ0v) is 11.9. The van der Waals surface area contributed by atoms with Crippen LogP contribution < -0.4 is 11.1 Å². The van der Waals surface area contributed by atoms with E-state index in [2.05, 4.69) is 37.7 Å². The number of nitrogens with one attached hydrogen (secondary N) is 1. The van der Waals surface area contributed by atoms with E-state index in [0.29, 0.717) is 18.4 Å². The first-order valence-corrected chi connectivity index (χ1v) is 6.71. The number of hydrogen-bond acceptors (Lipinski definition) is 2. The minimum atomic E-state index is 0.157. The summed E-state index contributed by atoms with van der Waals surface area (Å²) in [6.07, 6.45) is 4.32. The van der Waals surface area contributed by atoms with E-state index in [0.717, 1.165) is 19.6 Å². The van der Waals surface area contributed by atoms with Gasteiger partial charge in [0, 0.05) is 25.6 Å². The Morgan fingerprint density at radius 3 is 2.89 bits per heavy atom. The van der Waals surface area contributed by atoms with Gasteiger partial charge in [0.15, 0.2) is 5.96 Å². The average molecular weight is 253 g/mol. The Balaban J connectivity index is 2.54. The molecule has 4 nitrogen and oxygen atoms in total. The van der Waals surface area contributed by atoms with Gasteiger partial charge in [0.05, 0.1) is 6.10 Å². The molecule has 0 saturated carbocycles. The maximum atomic E-state index is 5.92. The second-order valence-corrected chi connectivity index (χ2v) is 5.96. The summed E-state index contributed by atoms with van der Waals surface area (Å²) < 4.78 is 5.92. The Bertz CT molecular complexity index is 294. The number of rotatable bonds is 4. The predicted octanol–water partition coefficient (Wildman–Crippen LogP) is 1.92. The molecule has 104 valence electrons. The maximum absolute atomic E-state index is 5.92. The van der Waals surface area contributed by atoms with E-state index in [4.69, 9.17) is 10.5 Å². The Morgan fingerprint density at radius 2 is 2.28 bits per heavy atom. The number of hydrogen-bond donors (Lipinski definition) is 2. The molecule has 0 amide bonds. The van der Waals surface area contributed by atoms with Crippen LogP contribution in [0.25, 0.3) is 0 Å². The van der Waals surface area contributed by atoms with Crippen LogP contribution in [-0.4, -0.2) is 31.8 Å². The van der Waals surface area contributed by atoms with Crippen LogP contribution in [0, 0.1) is 11.3 Å². The summed E-state index contributed by atoms with van der Waals surface area (Å²) in [5.74, 6) is 0.955. The fourth-order valence-corrected chi connectivity index (χ4v) is 2.44. The van der Waals surface area contributed by atoms with Crippen LogP contribution in [0.15, 0.2) is 17.6 Å². The lowest BCUT2D eigenvalue weighted by Gasteiger charge is -2.39. The quantitative estimate of drug-likeness (QED) is 0.457. The van der Waals surface area contributed by atoms with Gasteiger partial charge in [-0.2, -0.15) is 0 Å². The molecule has 2 atom stereocenters. The van der Waals surface area contributed by atoms with Crippen molar-refractivity contribution in [3.63, 3.8) is 0 Å². The molecule has 1 aliphatic heterocycles. The van der Waals surface area contributed by atoms with Gasteiger partial charge in [-0.15, -0.1) is 6.58 Å². The third-order valence-electron chi connectivity index (χ3n) is 3.22. The molecule has 1 aliphatic rings. The summed E-state index contributed by atoms with van der Waals surface area (Å²) in [5, 5.41) is 2.99. The van der Waals surface area contributed by atoms with Gasteiger partial charge >= 0.3 is 0 Å². The van der Waals surface area contributed by atoms with E-state index in [-0.39, 0.29) is 11.5 Å². The smallest absolute Gasteiger partial charge is 0.188 e. The van der Waals surface area contributed by atoms with E-state index in [1.807, 2.05) is 0 Å². The van der Waals surface area contributed by atoms with Crippen molar-refractivity contribution in [3.8, 4) is 0 Å². The zero-order chi connectivity index (χ0) is 13.6. The molecule has 1 saturated heterocycles. The molecule has 0 bridgehead atoms. The van der Waals surface area contributed by atoms with Crippen molar-refractivity contribution in [1.82, 2.24) is 5.32 Å². The van der Waals surface area contributed by atoms with Crippen molar-refractivity contribution in [2.24, 2.45) is 22.1 Å². The average Bonchev–Trinajstić information content (AvgIpc) is 2.33. The van der Waals surface area contributed by atoms with Crippen LogP contribution in [0.1, 0.15) is 33.6 Å². The van der Waals surface area contributed by atoms with Crippen LogP contribution >= 0.6 is 0 Å². The third kappa shape index (κ3) is 4.69. The van der Waals surface area contributed by atoms with E-state index >= 15 is 0 Å². The Labute approximate surface area is 111 Å². The summed E-state index contributed by atoms with van der Waals surface area (Å²) in [7, 11) is 0. The molecule has 1 rings (SSSR count). The van der Waals surface area contributed by atoms with Gasteiger partial charge in [0.25, 0.3) is 0 Å². The van der Waals surface area contributed by atoms with Gasteiger partial charge in [0.2, 0.25) is 0 Å². The second-order valence-electron chi connectivity index (χ2n) is 5.96. The topological polar surface area (TPSA) is 59.6 Å². The molecule has 0 aliphatic carbocycles. The molecule has 0 aromatic carbocycles. The maximum Gasteiger partial charge on any atom is 0.188 e. The van der Waals surface area contributed by atoms with Crippen LogP contribution in [-0.2, 0) is 4.74 Å². The van der Waals surface area contributed by atoms with Gasteiger partial charge in [-0.25, -0.2) is 0 Å². The van der Waals surface area contributed by atoms with Gasteiger partial charge in [-0.3, -0.25) is 4.99 Å². The Kier molecular flexibility index (Phi) is 5.66. The van der Waals surface area contributed by atoms with Crippen LogP contribution in [0.4, 0.5) is 0 Å². The summed E-state index contributed by atoms with van der Waals surface area (Å²) >= 11 is 0. The number of guanidine groups is 1. The van der Waals surface area contributed by atoms with Gasteiger partial charge in [-0.05, 0) is 18.3 Å². The Hall–Kier alpha value is -1.03. The summed E-state index contributed by atoms with van der Waals surface area (Å²) in [6.45, 7) is 12.6. The zero-order valence-electron chi connectivity index (χ0n) is 11.9. The van der Waals surface area contributed by atoms with Crippen LogP contribution in [0.5, 0.6) is 0 Å². The fourth-order valence-electron chi connectivity index (χ4n) is 2.44. The lowest BCUT2D eigenvalue weighted by molar-refractivity contribution is -0.0823. The highest BCUT2D eigenvalue weighted by Crippen LogP contribution is 2.34. The predicted molar refractivity (Wildman–Crippen MR) is 76.6 cm³/mol. The first-order valence-electron chi connectivity index (χ1n) is 6.71. The molecule has 1 fully saturated rings. The standard InChI is InChI=1S/C14H27N3O/c1-5-8-16-13(15)17-10-11-7-6-9-18-12(11)14(2,3)4/h5,11-12H,1,6-10H2,2-4H3,(H3,15,16,17). The normalized spacial score (nSPS) is 25.8. The highest BCUT2D eigenvalue weighted by Gasteiger charge is 2.35. The highest BCUT2D eigenvalue weighted by molar-refractivity contribution is 5.77. The van der Waals surface area contributed by atoms with Crippen molar-refractivity contribution in [2.75, 3.05) is 19.7 Å². The molecule has 3 N–H and O–H groups in total. The van der Waals surface area contributed by atoms with Crippen molar-refractivity contribution >= 4 is 5.96 Å². The van der Waals surface area contributed by atoms with Crippen LogP contribution in [0.3, 0.4) is 0 Å². The second kappa shape index (κ2) is 6.78. The van der Waals surface area contributed by atoms with Gasteiger partial charge in [0.1, 0.15) is 0 Å². The van der Waals surface area contributed by atoms with Crippen molar-refractivity contribution in [2.45, 2.75) is 39.7 Å². The first kappa shape index (κ1) is 15.0.